The molecule has 10 heteroatoms. The van der Waals surface area contributed by atoms with Gasteiger partial charge in [0.25, 0.3) is 10.0 Å². The second kappa shape index (κ2) is 15.9. The van der Waals surface area contributed by atoms with Crippen LogP contribution in [-0.2, 0) is 32.6 Å². The number of sulfonamides is 1. The van der Waals surface area contributed by atoms with Gasteiger partial charge in [0.1, 0.15) is 24.2 Å². The summed E-state index contributed by atoms with van der Waals surface area (Å²) < 4.78 is 49.3. The Morgan fingerprint density at radius 3 is 2.11 bits per heavy atom. The monoisotopic (exact) mass is 631 g/mol. The van der Waals surface area contributed by atoms with E-state index in [9.17, 15) is 22.4 Å². The Labute approximate surface area is 264 Å². The van der Waals surface area contributed by atoms with Gasteiger partial charge in [0.15, 0.2) is 0 Å². The topological polar surface area (TPSA) is 96.0 Å². The first-order valence-electron chi connectivity index (χ1n) is 14.8. The summed E-state index contributed by atoms with van der Waals surface area (Å²) >= 11 is 0. The average molecular weight is 632 g/mol. The van der Waals surface area contributed by atoms with Crippen molar-refractivity contribution in [3.05, 3.63) is 126 Å². The Bertz CT molecular complexity index is 1650. The number of anilines is 1. The third-order valence-electron chi connectivity index (χ3n) is 7.37. The number of hydrogen-bond donors (Lipinski definition) is 1. The summed E-state index contributed by atoms with van der Waals surface area (Å²) in [4.78, 5) is 29.4. The first-order chi connectivity index (χ1) is 21.7. The summed E-state index contributed by atoms with van der Waals surface area (Å²) in [6.45, 7) is 1.54. The fourth-order valence-corrected chi connectivity index (χ4v) is 6.28. The van der Waals surface area contributed by atoms with Crippen LogP contribution in [0.2, 0.25) is 0 Å². The standard InChI is InChI=1S/C35H38FN3O5S/c1-3-4-23-37-35(41)33(24-27-13-7-5-8-14-27)38(25-28-15-11-12-18-32(28)36)34(40)26-39(29-16-9-6-10-17-29)45(42,43)31-21-19-30(44-2)20-22-31/h5-22,33H,3-4,23-26H2,1-2H3,(H,37,41)/t33-/m0/s1. The molecule has 0 aromatic heterocycles. The molecule has 0 aliphatic heterocycles. The average Bonchev–Trinajstić information content (AvgIpc) is 3.06. The molecule has 0 aliphatic carbocycles. The fourth-order valence-electron chi connectivity index (χ4n) is 4.87. The molecule has 0 spiro atoms. The Morgan fingerprint density at radius 1 is 0.867 bits per heavy atom. The Hall–Kier alpha value is -4.70. The third kappa shape index (κ3) is 8.69. The Morgan fingerprint density at radius 2 is 1.49 bits per heavy atom. The van der Waals surface area contributed by atoms with E-state index >= 15 is 0 Å². The maximum atomic E-state index is 15.0. The lowest BCUT2D eigenvalue weighted by Gasteiger charge is -2.34. The minimum Gasteiger partial charge on any atom is -0.497 e. The van der Waals surface area contributed by atoms with Crippen LogP contribution in [0.15, 0.2) is 114 Å². The first-order valence-corrected chi connectivity index (χ1v) is 16.2. The van der Waals surface area contributed by atoms with Crippen LogP contribution in [0.25, 0.3) is 0 Å². The third-order valence-corrected chi connectivity index (χ3v) is 9.16. The van der Waals surface area contributed by atoms with Crippen molar-refractivity contribution >= 4 is 27.5 Å². The minimum absolute atomic E-state index is 0.0428. The summed E-state index contributed by atoms with van der Waals surface area (Å²) in [6, 6.07) is 28.4. The largest absolute Gasteiger partial charge is 0.497 e. The maximum Gasteiger partial charge on any atom is 0.264 e. The van der Waals surface area contributed by atoms with Gasteiger partial charge in [-0.15, -0.1) is 0 Å². The van der Waals surface area contributed by atoms with Crippen LogP contribution in [0.5, 0.6) is 5.75 Å². The fraction of sp³-hybridized carbons (Fsp3) is 0.257. The van der Waals surface area contributed by atoms with Gasteiger partial charge in [-0.3, -0.25) is 13.9 Å². The van der Waals surface area contributed by atoms with Gasteiger partial charge in [0.2, 0.25) is 11.8 Å². The molecular weight excluding hydrogens is 593 g/mol. The molecule has 4 rings (SSSR count). The van der Waals surface area contributed by atoms with E-state index in [1.165, 1.54) is 42.3 Å². The zero-order chi connectivity index (χ0) is 32.2. The Kier molecular flexibility index (Phi) is 11.7. The lowest BCUT2D eigenvalue weighted by molar-refractivity contribution is -0.140. The van der Waals surface area contributed by atoms with Crippen LogP contribution in [-0.4, -0.2) is 51.4 Å². The molecule has 0 bridgehead atoms. The number of carbonyl (C=O) groups is 2. The SMILES string of the molecule is CCCCNC(=O)[C@H](Cc1ccccc1)N(Cc1ccccc1F)C(=O)CN(c1ccccc1)S(=O)(=O)c1ccc(OC)cc1. The van der Waals surface area contributed by atoms with Crippen molar-refractivity contribution in [3.63, 3.8) is 0 Å². The van der Waals surface area contributed by atoms with Crippen molar-refractivity contribution in [1.29, 1.82) is 0 Å². The number of rotatable bonds is 15. The number of carbonyl (C=O) groups excluding carboxylic acids is 2. The molecule has 4 aromatic rings. The number of para-hydroxylation sites is 1. The molecule has 0 radical (unpaired) electrons. The highest BCUT2D eigenvalue weighted by Gasteiger charge is 2.35. The van der Waals surface area contributed by atoms with Crippen LogP contribution in [0.4, 0.5) is 10.1 Å². The van der Waals surface area contributed by atoms with Crippen LogP contribution in [0.1, 0.15) is 30.9 Å². The van der Waals surface area contributed by atoms with Gasteiger partial charge in [0.05, 0.1) is 17.7 Å². The predicted octanol–water partition coefficient (Wildman–Crippen LogP) is 5.59. The van der Waals surface area contributed by atoms with Gasteiger partial charge >= 0.3 is 0 Å². The number of hydrogen-bond acceptors (Lipinski definition) is 5. The number of nitrogens with one attached hydrogen (secondary N) is 1. The second-order valence-electron chi connectivity index (χ2n) is 10.5. The summed E-state index contributed by atoms with van der Waals surface area (Å²) in [5.41, 5.74) is 1.26. The van der Waals surface area contributed by atoms with E-state index in [4.69, 9.17) is 4.74 Å². The van der Waals surface area contributed by atoms with E-state index in [1.807, 2.05) is 37.3 Å². The highest BCUT2D eigenvalue weighted by Crippen LogP contribution is 2.26. The van der Waals surface area contributed by atoms with E-state index in [0.29, 0.717) is 12.3 Å². The number of unbranched alkanes of at least 4 members (excludes halogenated alkanes) is 1. The van der Waals surface area contributed by atoms with Crippen LogP contribution >= 0.6 is 0 Å². The number of ether oxygens (including phenoxy) is 1. The van der Waals surface area contributed by atoms with Crippen LogP contribution in [0.3, 0.4) is 0 Å². The summed E-state index contributed by atoms with van der Waals surface area (Å²) in [7, 11) is -2.78. The van der Waals surface area contributed by atoms with Crippen LogP contribution in [0, 0.1) is 5.82 Å². The zero-order valence-corrected chi connectivity index (χ0v) is 26.3. The van der Waals surface area contributed by atoms with Gasteiger partial charge in [-0.25, -0.2) is 12.8 Å². The summed E-state index contributed by atoms with van der Waals surface area (Å²) in [6.07, 6.45) is 1.75. The van der Waals surface area contributed by atoms with E-state index in [0.717, 1.165) is 22.7 Å². The highest BCUT2D eigenvalue weighted by molar-refractivity contribution is 7.92. The molecule has 8 nitrogen and oxygen atoms in total. The van der Waals surface area contributed by atoms with Crippen molar-refractivity contribution in [2.24, 2.45) is 0 Å². The van der Waals surface area contributed by atoms with E-state index in [1.54, 1.807) is 48.5 Å². The molecule has 0 aliphatic rings. The molecule has 1 N–H and O–H groups in total. The molecule has 0 fully saturated rings. The molecule has 1 atom stereocenters. The predicted molar refractivity (Wildman–Crippen MR) is 173 cm³/mol. The van der Waals surface area contributed by atoms with Crippen molar-refractivity contribution < 1.29 is 27.1 Å². The molecule has 0 unspecified atom stereocenters. The number of methoxy groups -OCH3 is 1. The minimum atomic E-state index is -4.26. The second-order valence-corrected chi connectivity index (χ2v) is 12.3. The van der Waals surface area contributed by atoms with Gasteiger partial charge in [-0.1, -0.05) is 80.1 Å². The molecule has 0 saturated heterocycles. The quantitative estimate of drug-likeness (QED) is 0.173. The molecule has 0 heterocycles. The van der Waals surface area contributed by atoms with E-state index in [2.05, 4.69) is 5.32 Å². The van der Waals surface area contributed by atoms with Gasteiger partial charge in [-0.2, -0.15) is 0 Å². The number of amides is 2. The van der Waals surface area contributed by atoms with Crippen molar-refractivity contribution in [1.82, 2.24) is 10.2 Å². The van der Waals surface area contributed by atoms with Crippen molar-refractivity contribution in [3.8, 4) is 5.75 Å². The van der Waals surface area contributed by atoms with Crippen molar-refractivity contribution in [2.75, 3.05) is 24.5 Å². The smallest absolute Gasteiger partial charge is 0.264 e. The van der Waals surface area contributed by atoms with Gasteiger partial charge in [-0.05, 0) is 54.4 Å². The van der Waals surface area contributed by atoms with Gasteiger partial charge in [0, 0.05) is 25.1 Å². The van der Waals surface area contributed by atoms with Gasteiger partial charge < -0.3 is 15.0 Å². The van der Waals surface area contributed by atoms with Crippen LogP contribution < -0.4 is 14.4 Å². The first kappa shape index (κ1) is 33.2. The Balaban J connectivity index is 1.77. The normalized spacial score (nSPS) is 11.8. The molecule has 45 heavy (non-hydrogen) atoms. The number of halogens is 1. The molecule has 2 amide bonds. The zero-order valence-electron chi connectivity index (χ0n) is 25.4. The maximum absolute atomic E-state index is 15.0. The van der Waals surface area contributed by atoms with Crippen molar-refractivity contribution in [2.45, 2.75) is 43.7 Å². The molecule has 0 saturated carbocycles. The number of nitrogens with zero attached hydrogens (tertiary/aromatic N) is 2. The summed E-state index contributed by atoms with van der Waals surface area (Å²) in [5.74, 6) is -1.12. The number of benzene rings is 4. The lowest BCUT2D eigenvalue weighted by atomic mass is 10.0. The lowest BCUT2D eigenvalue weighted by Crippen LogP contribution is -2.53. The molecule has 4 aromatic carbocycles. The summed E-state index contributed by atoms with van der Waals surface area (Å²) in [5, 5.41) is 2.92. The van der Waals surface area contributed by atoms with E-state index in [-0.39, 0.29) is 29.1 Å². The molecule has 236 valence electrons. The highest BCUT2D eigenvalue weighted by atomic mass is 32.2. The van der Waals surface area contributed by atoms with E-state index < -0.39 is 40.2 Å². The molecular formula is C35H38FN3O5S.